The molecule has 0 aliphatic rings. The van der Waals surface area contributed by atoms with Crippen LogP contribution in [0.1, 0.15) is 0 Å². The third-order valence-electron chi connectivity index (χ3n) is 6.13. The number of ether oxygens (including phenoxy) is 1. The number of pyridine rings is 2. The van der Waals surface area contributed by atoms with Crippen LogP contribution >= 0.6 is 46.7 Å². The van der Waals surface area contributed by atoms with Gasteiger partial charge in [-0.15, -0.1) is 23.5 Å². The number of hydrogen-bond acceptors (Lipinski definition) is 5. The van der Waals surface area contributed by atoms with Crippen LogP contribution in [-0.2, 0) is 4.74 Å². The smallest absolute Gasteiger partial charge is 0.0722 e. The number of benzene rings is 4. The Morgan fingerprint density at radius 3 is 1.46 bits per heavy atom. The molecule has 0 aliphatic carbocycles. The summed E-state index contributed by atoms with van der Waals surface area (Å²) in [6, 6.07) is 28.3. The van der Waals surface area contributed by atoms with Gasteiger partial charge in [0.15, 0.2) is 0 Å². The van der Waals surface area contributed by atoms with Crippen molar-refractivity contribution in [2.75, 3.05) is 24.7 Å². The van der Waals surface area contributed by atoms with E-state index in [1.54, 1.807) is 23.5 Å². The summed E-state index contributed by atoms with van der Waals surface area (Å²) in [5, 5.41) is 5.90. The van der Waals surface area contributed by atoms with E-state index in [0.717, 1.165) is 65.2 Å². The summed E-state index contributed by atoms with van der Waals surface area (Å²) in [7, 11) is 0. The molecule has 2 aromatic heterocycles. The molecule has 7 heteroatoms. The molecule has 0 fully saturated rings. The standard InChI is InChI=1S/C30H22Cl2N2OS2/c31-19-9-11-27-23(17-19)29(21-5-1-3-7-25(21)33-27)36-15-13-35-14-16-37-30-22-6-2-4-8-26(22)34-28-12-10-20(32)18-24(28)30/h1-12,17-18H,13-16H2. The van der Waals surface area contributed by atoms with E-state index in [1.807, 2.05) is 48.5 Å². The topological polar surface area (TPSA) is 35.0 Å². The largest absolute Gasteiger partial charge is 0.380 e. The Labute approximate surface area is 233 Å². The summed E-state index contributed by atoms with van der Waals surface area (Å²) in [5.74, 6) is 1.69. The van der Waals surface area contributed by atoms with Crippen molar-refractivity contribution in [1.82, 2.24) is 9.97 Å². The number of aromatic nitrogens is 2. The number of fused-ring (bicyclic) bond motifs is 4. The van der Waals surface area contributed by atoms with E-state index in [2.05, 4.69) is 36.4 Å². The highest BCUT2D eigenvalue weighted by molar-refractivity contribution is 8.00. The lowest BCUT2D eigenvalue weighted by atomic mass is 10.1. The summed E-state index contributed by atoms with van der Waals surface area (Å²) in [6.45, 7) is 1.32. The van der Waals surface area contributed by atoms with Gasteiger partial charge in [0, 0.05) is 52.9 Å². The van der Waals surface area contributed by atoms with E-state index in [1.165, 1.54) is 9.79 Å². The van der Waals surface area contributed by atoms with Crippen LogP contribution in [0.2, 0.25) is 10.0 Å². The van der Waals surface area contributed by atoms with Gasteiger partial charge in [-0.25, -0.2) is 9.97 Å². The van der Waals surface area contributed by atoms with Crippen molar-refractivity contribution in [3.8, 4) is 0 Å². The predicted octanol–water partition coefficient (Wildman–Crippen LogP) is 9.30. The number of thioether (sulfide) groups is 2. The number of halogens is 2. The van der Waals surface area contributed by atoms with Crippen LogP contribution in [-0.4, -0.2) is 34.7 Å². The first kappa shape index (κ1) is 24.8. The fourth-order valence-corrected chi connectivity index (χ4v) is 6.92. The molecule has 6 aromatic rings. The second kappa shape index (κ2) is 11.1. The van der Waals surface area contributed by atoms with Crippen molar-refractivity contribution in [3.63, 3.8) is 0 Å². The highest BCUT2D eigenvalue weighted by Crippen LogP contribution is 2.36. The summed E-state index contributed by atoms with van der Waals surface area (Å²) in [6.07, 6.45) is 0. The molecule has 0 spiro atoms. The Balaban J connectivity index is 1.12. The van der Waals surface area contributed by atoms with Gasteiger partial charge in [0.1, 0.15) is 0 Å². The van der Waals surface area contributed by atoms with Gasteiger partial charge in [-0.1, -0.05) is 59.6 Å². The Bertz CT molecular complexity index is 1630. The van der Waals surface area contributed by atoms with Crippen LogP contribution in [0.15, 0.2) is 94.7 Å². The molecule has 0 saturated heterocycles. The maximum absolute atomic E-state index is 6.32. The summed E-state index contributed by atoms with van der Waals surface area (Å²) in [4.78, 5) is 12.0. The molecule has 0 N–H and O–H groups in total. The summed E-state index contributed by atoms with van der Waals surface area (Å²) >= 11 is 16.2. The average molecular weight is 562 g/mol. The van der Waals surface area contributed by atoms with Crippen LogP contribution in [0.3, 0.4) is 0 Å². The number of nitrogens with zero attached hydrogens (tertiary/aromatic N) is 2. The maximum Gasteiger partial charge on any atom is 0.0722 e. The van der Waals surface area contributed by atoms with E-state index in [0.29, 0.717) is 13.2 Å². The lowest BCUT2D eigenvalue weighted by Crippen LogP contribution is -2.02. The van der Waals surface area contributed by atoms with Gasteiger partial charge in [0.05, 0.1) is 35.3 Å². The molecule has 2 heterocycles. The van der Waals surface area contributed by atoms with E-state index >= 15 is 0 Å². The normalized spacial score (nSPS) is 11.7. The highest BCUT2D eigenvalue weighted by atomic mass is 35.5. The molecular formula is C30H22Cl2N2OS2. The highest BCUT2D eigenvalue weighted by Gasteiger charge is 2.12. The Morgan fingerprint density at radius 1 is 0.541 bits per heavy atom. The fraction of sp³-hybridized carbons (Fsp3) is 0.133. The molecule has 6 rings (SSSR count). The van der Waals surface area contributed by atoms with Crippen LogP contribution in [0.5, 0.6) is 0 Å². The van der Waals surface area contributed by atoms with E-state index in [-0.39, 0.29) is 0 Å². The van der Waals surface area contributed by atoms with Crippen LogP contribution in [0, 0.1) is 0 Å². The van der Waals surface area contributed by atoms with Crippen molar-refractivity contribution in [2.45, 2.75) is 9.79 Å². The van der Waals surface area contributed by atoms with E-state index < -0.39 is 0 Å². The predicted molar refractivity (Wildman–Crippen MR) is 161 cm³/mol. The lowest BCUT2D eigenvalue weighted by Gasteiger charge is -2.12. The first-order valence-electron chi connectivity index (χ1n) is 12.0. The summed E-state index contributed by atoms with van der Waals surface area (Å²) in [5.41, 5.74) is 3.91. The van der Waals surface area contributed by atoms with Crippen molar-refractivity contribution in [1.29, 1.82) is 0 Å². The molecule has 0 unspecified atom stereocenters. The van der Waals surface area contributed by atoms with Gasteiger partial charge in [0.2, 0.25) is 0 Å². The first-order valence-corrected chi connectivity index (χ1v) is 14.7. The van der Waals surface area contributed by atoms with Crippen molar-refractivity contribution in [2.24, 2.45) is 0 Å². The molecule has 0 atom stereocenters. The van der Waals surface area contributed by atoms with Crippen molar-refractivity contribution >= 4 is 90.3 Å². The van der Waals surface area contributed by atoms with Crippen LogP contribution in [0.25, 0.3) is 43.6 Å². The van der Waals surface area contributed by atoms with Crippen molar-refractivity contribution < 1.29 is 4.74 Å². The zero-order valence-electron chi connectivity index (χ0n) is 19.8. The van der Waals surface area contributed by atoms with Gasteiger partial charge < -0.3 is 4.74 Å². The molecule has 184 valence electrons. The second-order valence-corrected chi connectivity index (χ2v) is 11.6. The Hall–Kier alpha value is -2.54. The zero-order chi connectivity index (χ0) is 25.2. The Kier molecular flexibility index (Phi) is 7.41. The van der Waals surface area contributed by atoms with Gasteiger partial charge in [-0.2, -0.15) is 0 Å². The monoisotopic (exact) mass is 560 g/mol. The molecule has 0 bridgehead atoms. The third-order valence-corrected chi connectivity index (χ3v) is 8.80. The minimum absolute atomic E-state index is 0.660. The third kappa shape index (κ3) is 5.25. The van der Waals surface area contributed by atoms with Crippen LogP contribution in [0.4, 0.5) is 0 Å². The minimum atomic E-state index is 0.660. The first-order chi connectivity index (χ1) is 18.2. The molecule has 4 aromatic carbocycles. The SMILES string of the molecule is Clc1ccc2nc3ccccc3c(SCCOCCSc3c4ccccc4nc4ccc(Cl)cc34)c2c1. The van der Waals surface area contributed by atoms with Gasteiger partial charge in [0.25, 0.3) is 0 Å². The number of hydrogen-bond donors (Lipinski definition) is 0. The molecule has 37 heavy (non-hydrogen) atoms. The Morgan fingerprint density at radius 2 is 0.973 bits per heavy atom. The minimum Gasteiger partial charge on any atom is -0.380 e. The van der Waals surface area contributed by atoms with Gasteiger partial charge >= 0.3 is 0 Å². The lowest BCUT2D eigenvalue weighted by molar-refractivity contribution is 0.167. The molecule has 0 saturated carbocycles. The molecule has 0 amide bonds. The zero-order valence-corrected chi connectivity index (χ0v) is 22.9. The number of rotatable bonds is 8. The number of para-hydroxylation sites is 2. The fourth-order valence-electron chi connectivity index (χ4n) is 4.47. The maximum atomic E-state index is 6.32. The molecule has 3 nitrogen and oxygen atoms in total. The van der Waals surface area contributed by atoms with E-state index in [4.69, 9.17) is 37.9 Å². The quantitative estimate of drug-likeness (QED) is 0.105. The second-order valence-electron chi connectivity index (χ2n) is 8.55. The van der Waals surface area contributed by atoms with E-state index in [9.17, 15) is 0 Å². The van der Waals surface area contributed by atoms with Gasteiger partial charge in [-0.05, 0) is 48.5 Å². The molecular weight excluding hydrogens is 539 g/mol. The van der Waals surface area contributed by atoms with Crippen molar-refractivity contribution in [3.05, 3.63) is 95.0 Å². The molecule has 0 radical (unpaired) electrons. The summed E-state index contributed by atoms with van der Waals surface area (Å²) < 4.78 is 6.05. The van der Waals surface area contributed by atoms with Crippen LogP contribution < -0.4 is 0 Å². The molecule has 0 aliphatic heterocycles. The average Bonchev–Trinajstić information content (AvgIpc) is 2.92. The van der Waals surface area contributed by atoms with Gasteiger partial charge in [-0.3, -0.25) is 0 Å².